The topological polar surface area (TPSA) is 60.7 Å². The summed E-state index contributed by atoms with van der Waals surface area (Å²) in [4.78, 5) is 29.1. The van der Waals surface area contributed by atoms with Gasteiger partial charge in [-0.15, -0.1) is 0 Å². The molecule has 2 heterocycles. The van der Waals surface area contributed by atoms with Gasteiger partial charge >= 0.3 is 0 Å². The van der Waals surface area contributed by atoms with Crippen LogP contribution in [0.15, 0.2) is 82.2 Å². The Balaban J connectivity index is 1.47. The molecule has 0 aliphatic carbocycles. The molecule has 144 valence electrons. The molecular formula is C22H14BrFN2O3. The van der Waals surface area contributed by atoms with Gasteiger partial charge in [-0.25, -0.2) is 9.37 Å². The highest BCUT2D eigenvalue weighted by molar-refractivity contribution is 9.10. The average molecular weight is 453 g/mol. The highest BCUT2D eigenvalue weighted by atomic mass is 79.9. The minimum Gasteiger partial charge on any atom is -0.487 e. The number of fused-ring (bicyclic) bond motifs is 1. The Morgan fingerprint density at radius 3 is 2.34 bits per heavy atom. The lowest BCUT2D eigenvalue weighted by Gasteiger charge is -2.08. The van der Waals surface area contributed by atoms with E-state index in [1.54, 1.807) is 36.5 Å². The second kappa shape index (κ2) is 7.97. The van der Waals surface area contributed by atoms with Crippen molar-refractivity contribution < 1.29 is 13.9 Å². The van der Waals surface area contributed by atoms with Gasteiger partial charge in [-0.2, -0.15) is 0 Å². The predicted octanol–water partition coefficient (Wildman–Crippen LogP) is 4.41. The molecule has 4 rings (SSSR count). The Bertz CT molecular complexity index is 1250. The molecule has 0 amide bonds. The lowest BCUT2D eigenvalue weighted by molar-refractivity contribution is 0.103. The number of ether oxygens (including phenoxy) is 1. The fraction of sp³-hybridized carbons (Fsp3) is 0.0455. The summed E-state index contributed by atoms with van der Waals surface area (Å²) in [5, 5.41) is 0. The van der Waals surface area contributed by atoms with E-state index in [1.807, 2.05) is 6.07 Å². The van der Waals surface area contributed by atoms with E-state index in [0.717, 1.165) is 4.47 Å². The van der Waals surface area contributed by atoms with E-state index in [4.69, 9.17) is 4.74 Å². The standard InChI is InChI=1S/C22H14BrFN2O3/c23-16-5-10-20-25-18(11-21(27)26(20)12-16)13-29-19-8-3-15(4-9-19)22(28)14-1-6-17(24)7-2-14/h1-12H,13H2. The molecule has 0 saturated carbocycles. The van der Waals surface area contributed by atoms with Crippen molar-refractivity contribution in [3.8, 4) is 5.75 Å². The van der Waals surface area contributed by atoms with Gasteiger partial charge in [-0.3, -0.25) is 14.0 Å². The number of aromatic nitrogens is 2. The molecule has 7 heteroatoms. The number of hydrogen-bond donors (Lipinski definition) is 0. The van der Waals surface area contributed by atoms with Gasteiger partial charge in [0.15, 0.2) is 5.78 Å². The third-order valence-electron chi connectivity index (χ3n) is 4.29. The zero-order valence-corrected chi connectivity index (χ0v) is 16.6. The maximum atomic E-state index is 13.0. The number of nitrogens with zero attached hydrogens (tertiary/aromatic N) is 2. The van der Waals surface area contributed by atoms with E-state index in [1.165, 1.54) is 34.7 Å². The van der Waals surface area contributed by atoms with Crippen LogP contribution in [0.5, 0.6) is 5.75 Å². The molecule has 0 spiro atoms. The van der Waals surface area contributed by atoms with Gasteiger partial charge in [-0.1, -0.05) is 0 Å². The Morgan fingerprint density at radius 1 is 1.00 bits per heavy atom. The maximum absolute atomic E-state index is 13.0. The van der Waals surface area contributed by atoms with E-state index in [2.05, 4.69) is 20.9 Å². The summed E-state index contributed by atoms with van der Waals surface area (Å²) in [6, 6.07) is 17.0. The van der Waals surface area contributed by atoms with Gasteiger partial charge in [0.2, 0.25) is 0 Å². The highest BCUT2D eigenvalue weighted by Gasteiger charge is 2.10. The van der Waals surface area contributed by atoms with Crippen LogP contribution in [0.3, 0.4) is 0 Å². The molecule has 0 aliphatic rings. The van der Waals surface area contributed by atoms with Gasteiger partial charge in [0.05, 0.1) is 5.69 Å². The number of carbonyl (C=O) groups is 1. The molecule has 2 aromatic carbocycles. The van der Waals surface area contributed by atoms with Crippen molar-refractivity contribution in [3.05, 3.63) is 110 Å². The Labute approximate surface area is 173 Å². The van der Waals surface area contributed by atoms with Crippen LogP contribution in [-0.4, -0.2) is 15.2 Å². The third kappa shape index (κ3) is 4.25. The fourth-order valence-corrected chi connectivity index (χ4v) is 3.16. The number of rotatable bonds is 5. The number of benzene rings is 2. The lowest BCUT2D eigenvalue weighted by Crippen LogP contribution is -2.16. The van der Waals surface area contributed by atoms with Crippen molar-refractivity contribution in [3.63, 3.8) is 0 Å². The van der Waals surface area contributed by atoms with Crippen molar-refractivity contribution in [2.45, 2.75) is 6.61 Å². The first kappa shape index (κ1) is 19.0. The summed E-state index contributed by atoms with van der Waals surface area (Å²) in [5.41, 5.74) is 1.71. The first-order chi connectivity index (χ1) is 14.0. The largest absolute Gasteiger partial charge is 0.487 e. The Kier molecular flexibility index (Phi) is 5.22. The van der Waals surface area contributed by atoms with Crippen molar-refractivity contribution in [2.75, 3.05) is 0 Å². The van der Waals surface area contributed by atoms with E-state index < -0.39 is 0 Å². The van der Waals surface area contributed by atoms with Crippen LogP contribution in [0.25, 0.3) is 5.65 Å². The Hall–Kier alpha value is -3.32. The normalized spacial score (nSPS) is 10.8. The zero-order chi connectivity index (χ0) is 20.4. The zero-order valence-electron chi connectivity index (χ0n) is 15.0. The summed E-state index contributed by atoms with van der Waals surface area (Å²) in [5.74, 6) is -0.0507. The average Bonchev–Trinajstić information content (AvgIpc) is 2.73. The molecule has 0 fully saturated rings. The number of pyridine rings is 1. The molecule has 29 heavy (non-hydrogen) atoms. The molecule has 5 nitrogen and oxygen atoms in total. The fourth-order valence-electron chi connectivity index (χ4n) is 2.83. The molecule has 0 radical (unpaired) electrons. The molecule has 0 saturated heterocycles. The summed E-state index contributed by atoms with van der Waals surface area (Å²) in [7, 11) is 0. The monoisotopic (exact) mass is 452 g/mol. The predicted molar refractivity (Wildman–Crippen MR) is 110 cm³/mol. The molecule has 0 bridgehead atoms. The van der Waals surface area contributed by atoms with Crippen LogP contribution in [0, 0.1) is 5.82 Å². The summed E-state index contributed by atoms with van der Waals surface area (Å²) in [6.45, 7) is 0.118. The molecule has 0 N–H and O–H groups in total. The third-order valence-corrected chi connectivity index (χ3v) is 4.76. The second-order valence-corrected chi connectivity index (χ2v) is 7.23. The summed E-state index contributed by atoms with van der Waals surface area (Å²) in [6.07, 6.45) is 1.66. The number of hydrogen-bond acceptors (Lipinski definition) is 4. The number of ketones is 1. The van der Waals surface area contributed by atoms with Crippen molar-refractivity contribution in [2.24, 2.45) is 0 Å². The van der Waals surface area contributed by atoms with Gasteiger partial charge in [0, 0.05) is 27.9 Å². The first-order valence-electron chi connectivity index (χ1n) is 8.70. The molecule has 0 aliphatic heterocycles. The van der Waals surface area contributed by atoms with Crippen molar-refractivity contribution >= 4 is 27.4 Å². The second-order valence-electron chi connectivity index (χ2n) is 6.31. The van der Waals surface area contributed by atoms with Crippen LogP contribution >= 0.6 is 15.9 Å². The number of carbonyl (C=O) groups excluding carboxylic acids is 1. The first-order valence-corrected chi connectivity index (χ1v) is 9.50. The lowest BCUT2D eigenvalue weighted by atomic mass is 10.0. The van der Waals surface area contributed by atoms with Gasteiger partial charge in [0.1, 0.15) is 23.8 Å². The minimum atomic E-state index is -0.389. The van der Waals surface area contributed by atoms with Crippen molar-refractivity contribution in [1.82, 2.24) is 9.38 Å². The van der Waals surface area contributed by atoms with Crippen LogP contribution < -0.4 is 10.3 Å². The van der Waals surface area contributed by atoms with Crippen LogP contribution in [-0.2, 0) is 6.61 Å². The van der Waals surface area contributed by atoms with E-state index in [-0.39, 0.29) is 23.8 Å². The molecule has 0 atom stereocenters. The van der Waals surface area contributed by atoms with E-state index >= 15 is 0 Å². The summed E-state index contributed by atoms with van der Waals surface area (Å²) >= 11 is 3.33. The maximum Gasteiger partial charge on any atom is 0.258 e. The summed E-state index contributed by atoms with van der Waals surface area (Å²) < 4.78 is 20.9. The van der Waals surface area contributed by atoms with Gasteiger partial charge < -0.3 is 4.74 Å². The van der Waals surface area contributed by atoms with Crippen LogP contribution in [0.4, 0.5) is 4.39 Å². The van der Waals surface area contributed by atoms with Crippen molar-refractivity contribution in [1.29, 1.82) is 0 Å². The molecule has 4 aromatic rings. The van der Waals surface area contributed by atoms with Gasteiger partial charge in [0.25, 0.3) is 5.56 Å². The minimum absolute atomic E-state index is 0.118. The molecular weight excluding hydrogens is 439 g/mol. The van der Waals surface area contributed by atoms with Crippen LogP contribution in [0.1, 0.15) is 21.6 Å². The molecule has 2 aromatic heterocycles. The van der Waals surface area contributed by atoms with E-state index in [0.29, 0.717) is 28.2 Å². The Morgan fingerprint density at radius 2 is 1.66 bits per heavy atom. The quantitative estimate of drug-likeness (QED) is 0.421. The number of halogens is 2. The highest BCUT2D eigenvalue weighted by Crippen LogP contribution is 2.17. The van der Waals surface area contributed by atoms with Gasteiger partial charge in [-0.05, 0) is 76.6 Å². The van der Waals surface area contributed by atoms with E-state index in [9.17, 15) is 14.0 Å². The van der Waals surface area contributed by atoms with Crippen LogP contribution in [0.2, 0.25) is 0 Å². The molecule has 0 unspecified atom stereocenters. The smallest absolute Gasteiger partial charge is 0.258 e. The SMILES string of the molecule is O=C(c1ccc(F)cc1)c1ccc(OCc2cc(=O)n3cc(Br)ccc3n2)cc1.